The lowest BCUT2D eigenvalue weighted by Gasteiger charge is -2.33. The van der Waals surface area contributed by atoms with E-state index in [-0.39, 0.29) is 36.6 Å². The van der Waals surface area contributed by atoms with Crippen molar-refractivity contribution in [3.63, 3.8) is 0 Å². The van der Waals surface area contributed by atoms with Crippen molar-refractivity contribution in [2.75, 3.05) is 51.8 Å². The predicted molar refractivity (Wildman–Crippen MR) is 226 cm³/mol. The van der Waals surface area contributed by atoms with E-state index in [9.17, 15) is 32.7 Å². The molecule has 2 aromatic carbocycles. The fourth-order valence-electron chi connectivity index (χ4n) is 6.74. The minimum atomic E-state index is -3.60. The van der Waals surface area contributed by atoms with Crippen molar-refractivity contribution < 1.29 is 52.1 Å². The SMILES string of the molecule is CCCCS(=O)(=O)N[C@@H](Cc1ccc(OCCCCC2CCNCC2)cc1)C(=O)O.CCOC(=O)COC1CCN(C(=O)[C@H](C)NC(=O)c2ccc(/C(N)=N/O)cc2)CC1. The smallest absolute Gasteiger partial charge is 0.332 e. The van der Waals surface area contributed by atoms with Gasteiger partial charge in [-0.1, -0.05) is 49.2 Å². The number of likely N-dealkylation sites (tertiary alicyclic amines) is 1. The molecule has 2 aromatic rings. The Labute approximate surface area is 353 Å². The van der Waals surface area contributed by atoms with Crippen molar-refractivity contribution >= 4 is 39.6 Å². The predicted octanol–water partition coefficient (Wildman–Crippen LogP) is 3.42. The molecule has 2 heterocycles. The Bertz CT molecular complexity index is 1760. The van der Waals surface area contributed by atoms with Gasteiger partial charge in [0, 0.05) is 24.2 Å². The molecule has 0 aliphatic carbocycles. The van der Waals surface area contributed by atoms with Gasteiger partial charge in [0.2, 0.25) is 15.9 Å². The Morgan fingerprint density at radius 2 is 1.60 bits per heavy atom. The van der Waals surface area contributed by atoms with Crippen molar-refractivity contribution in [1.29, 1.82) is 0 Å². The molecule has 0 unspecified atom stereocenters. The zero-order valence-corrected chi connectivity index (χ0v) is 35.9. The first-order valence-corrected chi connectivity index (χ1v) is 22.5. The highest BCUT2D eigenvalue weighted by atomic mass is 32.2. The summed E-state index contributed by atoms with van der Waals surface area (Å²) in [6, 6.07) is 11.5. The van der Waals surface area contributed by atoms with Crippen LogP contribution in [0.1, 0.15) is 100 Å². The van der Waals surface area contributed by atoms with Crippen LogP contribution in [0.25, 0.3) is 0 Å². The zero-order valence-electron chi connectivity index (χ0n) is 35.1. The molecule has 2 saturated heterocycles. The lowest BCUT2D eigenvalue weighted by Crippen LogP contribution is -2.50. The van der Waals surface area contributed by atoms with Gasteiger partial charge in [0.05, 0.1) is 25.1 Å². The summed E-state index contributed by atoms with van der Waals surface area (Å²) in [6.07, 6.45) is 8.45. The van der Waals surface area contributed by atoms with Gasteiger partial charge in [0.25, 0.3) is 5.91 Å². The number of hydrogen-bond acceptors (Lipinski definition) is 12. The maximum Gasteiger partial charge on any atom is 0.332 e. The van der Waals surface area contributed by atoms with Crippen LogP contribution in [-0.4, -0.2) is 123 Å². The summed E-state index contributed by atoms with van der Waals surface area (Å²) >= 11 is 0. The number of nitrogens with one attached hydrogen (secondary N) is 3. The molecule has 2 fully saturated rings. The second-order valence-electron chi connectivity index (χ2n) is 15.0. The van der Waals surface area contributed by atoms with Crippen LogP contribution < -0.4 is 25.8 Å². The quantitative estimate of drug-likeness (QED) is 0.0249. The topological polar surface area (TPSA) is 248 Å². The van der Waals surface area contributed by atoms with Gasteiger partial charge in [-0.3, -0.25) is 14.4 Å². The molecule has 4 rings (SSSR count). The highest BCUT2D eigenvalue weighted by molar-refractivity contribution is 7.89. The summed E-state index contributed by atoms with van der Waals surface area (Å²) in [7, 11) is -3.60. The Kier molecular flexibility index (Phi) is 21.8. The number of amidine groups is 1. The number of piperidine rings is 2. The monoisotopic (exact) mass is 860 g/mol. The maximum atomic E-state index is 12.6. The summed E-state index contributed by atoms with van der Waals surface area (Å²) in [4.78, 5) is 49.6. The van der Waals surface area contributed by atoms with E-state index in [1.165, 1.54) is 37.8 Å². The lowest BCUT2D eigenvalue weighted by atomic mass is 9.93. The van der Waals surface area contributed by atoms with E-state index in [0.717, 1.165) is 43.2 Å². The number of aliphatic carboxylic acids is 1. The van der Waals surface area contributed by atoms with E-state index in [1.54, 1.807) is 43.0 Å². The lowest BCUT2D eigenvalue weighted by molar-refractivity contribution is -0.152. The van der Waals surface area contributed by atoms with Gasteiger partial charge in [-0.15, -0.1) is 0 Å². The molecular weight excluding hydrogens is 797 g/mol. The third-order valence-corrected chi connectivity index (χ3v) is 11.7. The second-order valence-corrected chi connectivity index (χ2v) is 16.8. The fourth-order valence-corrected chi connectivity index (χ4v) is 8.14. The number of ether oxygens (including phenoxy) is 3. The number of unbranched alkanes of at least 4 members (excludes halogenated alkanes) is 2. The average molecular weight is 861 g/mol. The molecular formula is C42H64N6O11S. The number of carbonyl (C=O) groups excluding carboxylic acids is 3. The van der Waals surface area contributed by atoms with Crippen LogP contribution in [-0.2, 0) is 40.3 Å². The number of rotatable bonds is 22. The molecule has 60 heavy (non-hydrogen) atoms. The molecule has 334 valence electrons. The van der Waals surface area contributed by atoms with Gasteiger partial charge in [-0.25, -0.2) is 17.9 Å². The van der Waals surface area contributed by atoms with Crippen molar-refractivity contribution in [3.8, 4) is 5.75 Å². The molecule has 0 saturated carbocycles. The molecule has 17 nitrogen and oxygen atoms in total. The number of benzene rings is 2. The van der Waals surface area contributed by atoms with Gasteiger partial charge < -0.3 is 45.8 Å². The standard InChI is InChI=1S/C22H36N2O5S.C20H28N4O6/c1-2-3-16-30(27,28)24-21(22(25)26)17-19-7-9-20(10-8-19)29-15-5-4-6-18-11-13-23-14-12-18;1-3-29-17(25)12-30-16-8-10-24(11-9-16)20(27)13(2)22-19(26)15-6-4-14(5-7-15)18(21)23-28/h7-10,18,21,23-24H,2-6,11-17H2,1H3,(H,25,26);4-7,13,16,28H,3,8-12H2,1-2H3,(H2,21,23)(H,22,26)/t21-;13-/m00/s1. The number of esters is 1. The number of nitrogens with zero attached hydrogens (tertiary/aromatic N) is 2. The number of carbonyl (C=O) groups is 4. The van der Waals surface area contributed by atoms with E-state index in [2.05, 4.69) is 20.5 Å². The molecule has 0 spiro atoms. The van der Waals surface area contributed by atoms with E-state index in [0.29, 0.717) is 56.7 Å². The fraction of sp³-hybridized carbons (Fsp3) is 0.595. The first kappa shape index (κ1) is 49.6. The van der Waals surface area contributed by atoms with E-state index in [1.807, 2.05) is 19.1 Å². The maximum absolute atomic E-state index is 12.6. The normalized spacial score (nSPS) is 16.2. The summed E-state index contributed by atoms with van der Waals surface area (Å²) < 4.78 is 42.5. The average Bonchev–Trinajstić information content (AvgIpc) is 3.25. The third kappa shape index (κ3) is 18.2. The molecule has 7 N–H and O–H groups in total. The van der Waals surface area contributed by atoms with Crippen molar-refractivity contribution in [2.45, 2.75) is 103 Å². The number of hydrogen-bond donors (Lipinski definition) is 6. The summed E-state index contributed by atoms with van der Waals surface area (Å²) in [5, 5.41) is 27.0. The third-order valence-electron chi connectivity index (χ3n) is 10.2. The minimum Gasteiger partial charge on any atom is -0.494 e. The van der Waals surface area contributed by atoms with Crippen molar-refractivity contribution in [2.24, 2.45) is 16.8 Å². The molecule has 2 amide bonds. The van der Waals surface area contributed by atoms with Gasteiger partial charge in [-0.2, -0.15) is 0 Å². The second kappa shape index (κ2) is 26.4. The zero-order chi connectivity index (χ0) is 43.9. The Morgan fingerprint density at radius 3 is 2.20 bits per heavy atom. The first-order valence-electron chi connectivity index (χ1n) is 20.8. The molecule has 0 aromatic heterocycles. The minimum absolute atomic E-state index is 0.0554. The molecule has 0 radical (unpaired) electrons. The van der Waals surface area contributed by atoms with Gasteiger partial charge in [0.1, 0.15) is 24.4 Å². The Hall–Kier alpha value is -4.78. The van der Waals surface area contributed by atoms with Gasteiger partial charge in [-0.05, 0) is 114 Å². The van der Waals surface area contributed by atoms with Gasteiger partial charge in [0.15, 0.2) is 5.84 Å². The van der Waals surface area contributed by atoms with Crippen LogP contribution in [0.15, 0.2) is 53.7 Å². The number of carboxylic acids is 1. The van der Waals surface area contributed by atoms with Crippen molar-refractivity contribution in [1.82, 2.24) is 20.3 Å². The molecule has 18 heteroatoms. The Morgan fingerprint density at radius 1 is 0.950 bits per heavy atom. The van der Waals surface area contributed by atoms with Crippen LogP contribution in [0.2, 0.25) is 0 Å². The number of amides is 2. The molecule has 2 atom stereocenters. The van der Waals surface area contributed by atoms with Crippen LogP contribution in [0.4, 0.5) is 0 Å². The highest BCUT2D eigenvalue weighted by Crippen LogP contribution is 2.20. The van der Waals surface area contributed by atoms with Crippen LogP contribution >= 0.6 is 0 Å². The van der Waals surface area contributed by atoms with E-state index >= 15 is 0 Å². The number of oxime groups is 1. The first-order chi connectivity index (χ1) is 28.7. The van der Waals surface area contributed by atoms with E-state index in [4.69, 9.17) is 25.2 Å². The molecule has 2 aliphatic heterocycles. The Balaban J connectivity index is 0.000000320. The summed E-state index contributed by atoms with van der Waals surface area (Å²) in [5.74, 6) is -0.674. The number of carboxylic acid groups (broad SMARTS) is 1. The van der Waals surface area contributed by atoms with Crippen LogP contribution in [0.5, 0.6) is 5.75 Å². The molecule has 0 bridgehead atoms. The summed E-state index contributed by atoms with van der Waals surface area (Å²) in [5.41, 5.74) is 7.08. The van der Waals surface area contributed by atoms with E-state index < -0.39 is 40.0 Å². The van der Waals surface area contributed by atoms with Gasteiger partial charge >= 0.3 is 11.9 Å². The highest BCUT2D eigenvalue weighted by Gasteiger charge is 2.28. The number of nitrogens with two attached hydrogens (primary N) is 1. The number of sulfonamides is 1. The van der Waals surface area contributed by atoms with Crippen molar-refractivity contribution in [3.05, 3.63) is 65.2 Å². The van der Waals surface area contributed by atoms with Crippen LogP contribution in [0.3, 0.4) is 0 Å². The largest absolute Gasteiger partial charge is 0.494 e. The summed E-state index contributed by atoms with van der Waals surface area (Å²) in [6.45, 7) is 9.39. The molecule has 2 aliphatic rings. The van der Waals surface area contributed by atoms with Crippen LogP contribution in [0, 0.1) is 5.92 Å².